The standard InChI is InChI=1S/C17H28O3/c1-3-4-5-6-7-8-9-10-11-12-13-16(17(19)20)14-15(2)18/h3,13H,1,4-12,14H2,2H3,(H,19,20). The van der Waals surface area contributed by atoms with E-state index in [9.17, 15) is 9.59 Å². The Hall–Kier alpha value is -1.38. The monoisotopic (exact) mass is 280 g/mol. The molecule has 0 atom stereocenters. The summed E-state index contributed by atoms with van der Waals surface area (Å²) in [6.45, 7) is 5.12. The number of Topliss-reactive ketones (excluding diaryl/α,β-unsaturated/α-hetero) is 1. The lowest BCUT2D eigenvalue weighted by atomic mass is 10.0. The number of hydrogen-bond acceptors (Lipinski definition) is 2. The third-order valence-corrected chi connectivity index (χ3v) is 3.22. The van der Waals surface area contributed by atoms with Crippen molar-refractivity contribution in [1.82, 2.24) is 0 Å². The van der Waals surface area contributed by atoms with Gasteiger partial charge < -0.3 is 5.11 Å². The number of carbonyl (C=O) groups is 2. The van der Waals surface area contributed by atoms with Gasteiger partial charge in [0.15, 0.2) is 0 Å². The van der Waals surface area contributed by atoms with Crippen LogP contribution in [-0.2, 0) is 9.59 Å². The summed E-state index contributed by atoms with van der Waals surface area (Å²) in [4.78, 5) is 21.8. The lowest BCUT2D eigenvalue weighted by Crippen LogP contribution is -2.05. The van der Waals surface area contributed by atoms with Crippen molar-refractivity contribution in [2.75, 3.05) is 0 Å². The molecule has 0 saturated heterocycles. The van der Waals surface area contributed by atoms with Crippen molar-refractivity contribution in [3.8, 4) is 0 Å². The predicted octanol–water partition coefficient (Wildman–Crippen LogP) is 4.67. The van der Waals surface area contributed by atoms with Crippen LogP contribution in [0.15, 0.2) is 24.3 Å². The summed E-state index contributed by atoms with van der Waals surface area (Å²) >= 11 is 0. The van der Waals surface area contributed by atoms with Crippen molar-refractivity contribution in [3.05, 3.63) is 24.3 Å². The minimum Gasteiger partial charge on any atom is -0.478 e. The number of aliphatic carboxylic acids is 1. The van der Waals surface area contributed by atoms with E-state index in [-0.39, 0.29) is 17.8 Å². The van der Waals surface area contributed by atoms with E-state index in [4.69, 9.17) is 5.11 Å². The Labute approximate surface area is 122 Å². The van der Waals surface area contributed by atoms with Gasteiger partial charge in [0.05, 0.1) is 0 Å². The first kappa shape index (κ1) is 18.6. The Morgan fingerprint density at radius 3 is 1.90 bits per heavy atom. The Morgan fingerprint density at radius 2 is 1.45 bits per heavy atom. The van der Waals surface area contributed by atoms with E-state index >= 15 is 0 Å². The molecule has 0 spiro atoms. The lowest BCUT2D eigenvalue weighted by molar-refractivity contribution is -0.133. The van der Waals surface area contributed by atoms with Gasteiger partial charge in [0.2, 0.25) is 0 Å². The van der Waals surface area contributed by atoms with Crippen molar-refractivity contribution < 1.29 is 14.7 Å². The average molecular weight is 280 g/mol. The van der Waals surface area contributed by atoms with Gasteiger partial charge in [0.1, 0.15) is 5.78 Å². The van der Waals surface area contributed by atoms with Crippen LogP contribution < -0.4 is 0 Å². The molecule has 20 heavy (non-hydrogen) atoms. The maximum Gasteiger partial charge on any atom is 0.331 e. The molecule has 3 nitrogen and oxygen atoms in total. The first-order valence-electron chi connectivity index (χ1n) is 7.60. The van der Waals surface area contributed by atoms with Gasteiger partial charge >= 0.3 is 5.97 Å². The van der Waals surface area contributed by atoms with Gasteiger partial charge in [-0.3, -0.25) is 4.79 Å². The topological polar surface area (TPSA) is 54.4 Å². The van der Waals surface area contributed by atoms with E-state index < -0.39 is 5.97 Å². The average Bonchev–Trinajstić information content (AvgIpc) is 2.39. The number of carbonyl (C=O) groups excluding carboxylic acids is 1. The van der Waals surface area contributed by atoms with Gasteiger partial charge in [0.25, 0.3) is 0 Å². The SMILES string of the molecule is C=CCCCCCCCCCC=C(CC(C)=O)C(=O)O. The predicted molar refractivity (Wildman–Crippen MR) is 82.8 cm³/mol. The minimum absolute atomic E-state index is 0.0403. The highest BCUT2D eigenvalue weighted by molar-refractivity contribution is 5.93. The molecular weight excluding hydrogens is 252 g/mol. The molecule has 0 amide bonds. The third-order valence-electron chi connectivity index (χ3n) is 3.22. The van der Waals surface area contributed by atoms with Crippen LogP contribution in [0.2, 0.25) is 0 Å². The van der Waals surface area contributed by atoms with Crippen molar-refractivity contribution in [2.45, 2.75) is 71.1 Å². The smallest absolute Gasteiger partial charge is 0.331 e. The summed E-state index contributed by atoms with van der Waals surface area (Å²) in [7, 11) is 0. The summed E-state index contributed by atoms with van der Waals surface area (Å²) in [5.41, 5.74) is 0.238. The number of ketones is 1. The van der Waals surface area contributed by atoms with Gasteiger partial charge in [-0.2, -0.15) is 0 Å². The van der Waals surface area contributed by atoms with E-state index in [1.807, 2.05) is 6.08 Å². The zero-order valence-electron chi connectivity index (χ0n) is 12.7. The van der Waals surface area contributed by atoms with E-state index in [0.717, 1.165) is 25.7 Å². The molecule has 0 radical (unpaired) electrons. The van der Waals surface area contributed by atoms with Crippen molar-refractivity contribution >= 4 is 11.8 Å². The van der Waals surface area contributed by atoms with Gasteiger partial charge in [0, 0.05) is 12.0 Å². The first-order chi connectivity index (χ1) is 9.57. The highest BCUT2D eigenvalue weighted by Crippen LogP contribution is 2.12. The van der Waals surface area contributed by atoms with Crippen LogP contribution in [-0.4, -0.2) is 16.9 Å². The molecule has 0 aliphatic rings. The quantitative estimate of drug-likeness (QED) is 0.303. The molecule has 1 N–H and O–H groups in total. The van der Waals surface area contributed by atoms with E-state index in [2.05, 4.69) is 6.58 Å². The number of carboxylic acids is 1. The molecule has 0 fully saturated rings. The van der Waals surface area contributed by atoms with Crippen LogP contribution in [0.4, 0.5) is 0 Å². The van der Waals surface area contributed by atoms with Crippen molar-refractivity contribution in [1.29, 1.82) is 0 Å². The second-order valence-corrected chi connectivity index (χ2v) is 5.25. The summed E-state index contributed by atoms with van der Waals surface area (Å²) < 4.78 is 0. The maximum absolute atomic E-state index is 10.9. The molecule has 0 aromatic carbocycles. The largest absolute Gasteiger partial charge is 0.478 e. The Morgan fingerprint density at radius 1 is 0.950 bits per heavy atom. The van der Waals surface area contributed by atoms with E-state index in [1.165, 1.54) is 39.0 Å². The van der Waals surface area contributed by atoms with Crippen molar-refractivity contribution in [3.63, 3.8) is 0 Å². The van der Waals surface area contributed by atoms with Gasteiger partial charge in [-0.25, -0.2) is 4.79 Å². The molecule has 0 aromatic heterocycles. The number of carboxylic acid groups (broad SMARTS) is 1. The molecule has 3 heteroatoms. The highest BCUT2D eigenvalue weighted by atomic mass is 16.4. The zero-order valence-corrected chi connectivity index (χ0v) is 12.7. The number of allylic oxidation sites excluding steroid dienone is 2. The normalized spacial score (nSPS) is 11.3. The summed E-state index contributed by atoms with van der Waals surface area (Å²) in [6, 6.07) is 0. The molecule has 0 saturated carbocycles. The summed E-state index contributed by atoms with van der Waals surface area (Å²) in [5, 5.41) is 8.94. The molecule has 0 rings (SSSR count). The van der Waals surface area contributed by atoms with Crippen LogP contribution in [0.25, 0.3) is 0 Å². The second kappa shape index (κ2) is 12.6. The molecule has 0 bridgehead atoms. The van der Waals surface area contributed by atoms with Crippen LogP contribution >= 0.6 is 0 Å². The fourth-order valence-electron chi connectivity index (χ4n) is 2.10. The number of rotatable bonds is 13. The van der Waals surface area contributed by atoms with E-state index in [0.29, 0.717) is 0 Å². The summed E-state index contributed by atoms with van der Waals surface area (Å²) in [5.74, 6) is -1.07. The second-order valence-electron chi connectivity index (χ2n) is 5.25. The van der Waals surface area contributed by atoms with Gasteiger partial charge in [-0.1, -0.05) is 44.3 Å². The molecule has 0 aliphatic carbocycles. The first-order valence-corrected chi connectivity index (χ1v) is 7.60. The highest BCUT2D eigenvalue weighted by Gasteiger charge is 2.08. The fourth-order valence-corrected chi connectivity index (χ4v) is 2.10. The Kier molecular flexibility index (Phi) is 11.8. The molecule has 0 aliphatic heterocycles. The zero-order chi connectivity index (χ0) is 15.2. The van der Waals surface area contributed by atoms with Gasteiger partial charge in [-0.05, 0) is 32.6 Å². The number of hydrogen-bond donors (Lipinski definition) is 1. The van der Waals surface area contributed by atoms with Crippen LogP contribution in [0.5, 0.6) is 0 Å². The van der Waals surface area contributed by atoms with Gasteiger partial charge in [-0.15, -0.1) is 6.58 Å². The fraction of sp³-hybridized carbons (Fsp3) is 0.647. The number of unbranched alkanes of at least 4 members (excludes halogenated alkanes) is 8. The third kappa shape index (κ3) is 11.7. The molecule has 0 unspecified atom stereocenters. The minimum atomic E-state index is -0.970. The molecule has 0 heterocycles. The van der Waals surface area contributed by atoms with Crippen molar-refractivity contribution in [2.24, 2.45) is 0 Å². The van der Waals surface area contributed by atoms with Crippen LogP contribution in [0, 0.1) is 0 Å². The molecular formula is C17H28O3. The summed E-state index contributed by atoms with van der Waals surface area (Å²) in [6.07, 6.45) is 13.9. The van der Waals surface area contributed by atoms with E-state index in [1.54, 1.807) is 6.08 Å². The Bertz CT molecular complexity index is 329. The molecule has 0 aromatic rings. The van der Waals surface area contributed by atoms with Crippen LogP contribution in [0.1, 0.15) is 71.1 Å². The maximum atomic E-state index is 10.9. The Balaban J connectivity index is 3.60. The lowest BCUT2D eigenvalue weighted by Gasteiger charge is -2.01. The van der Waals surface area contributed by atoms with Crippen LogP contribution in [0.3, 0.4) is 0 Å². The molecule has 114 valence electrons.